The van der Waals surface area contributed by atoms with Gasteiger partial charge >= 0.3 is 6.03 Å². The standard InChI is InChI=1S/C15H20N2O3/c18-15(16-9-12-10-19-7-8-20-12)17-14-6-5-11-3-1-2-4-13(11)14/h1-4,12,14H,5-10H2,(H2,16,17,18)/t12-,14+/m1/s1. The Hall–Kier alpha value is -1.59. The maximum atomic E-state index is 11.9. The summed E-state index contributed by atoms with van der Waals surface area (Å²) >= 11 is 0. The number of aryl methyl sites for hydroxylation is 1. The molecular formula is C15H20N2O3. The van der Waals surface area contributed by atoms with Crippen LogP contribution in [0.15, 0.2) is 24.3 Å². The summed E-state index contributed by atoms with van der Waals surface area (Å²) in [6.07, 6.45) is 1.96. The molecule has 1 aliphatic carbocycles. The summed E-state index contributed by atoms with van der Waals surface area (Å²) in [5.74, 6) is 0. The van der Waals surface area contributed by atoms with Crippen molar-refractivity contribution in [2.75, 3.05) is 26.4 Å². The van der Waals surface area contributed by atoms with E-state index in [4.69, 9.17) is 9.47 Å². The summed E-state index contributed by atoms with van der Waals surface area (Å²) in [6.45, 7) is 2.28. The van der Waals surface area contributed by atoms with Crippen LogP contribution in [0.4, 0.5) is 4.79 Å². The van der Waals surface area contributed by atoms with Gasteiger partial charge < -0.3 is 20.1 Å². The number of rotatable bonds is 3. The fourth-order valence-corrected chi connectivity index (χ4v) is 2.78. The highest BCUT2D eigenvalue weighted by Gasteiger charge is 2.23. The second kappa shape index (κ2) is 6.24. The van der Waals surface area contributed by atoms with Gasteiger partial charge in [-0.3, -0.25) is 0 Å². The third-order valence-electron chi connectivity index (χ3n) is 3.81. The molecule has 0 spiro atoms. The molecule has 2 aliphatic rings. The zero-order valence-corrected chi connectivity index (χ0v) is 11.4. The summed E-state index contributed by atoms with van der Waals surface area (Å²) in [5, 5.41) is 5.88. The molecule has 2 atom stereocenters. The van der Waals surface area contributed by atoms with Crippen LogP contribution >= 0.6 is 0 Å². The van der Waals surface area contributed by atoms with Gasteiger partial charge in [0.2, 0.25) is 0 Å². The first kappa shape index (κ1) is 13.4. The van der Waals surface area contributed by atoms with Crippen molar-refractivity contribution < 1.29 is 14.3 Å². The highest BCUT2D eigenvalue weighted by molar-refractivity contribution is 5.74. The largest absolute Gasteiger partial charge is 0.376 e. The summed E-state index contributed by atoms with van der Waals surface area (Å²) in [7, 11) is 0. The zero-order chi connectivity index (χ0) is 13.8. The van der Waals surface area contributed by atoms with Crippen LogP contribution < -0.4 is 10.6 Å². The van der Waals surface area contributed by atoms with Gasteiger partial charge in [0, 0.05) is 6.54 Å². The van der Waals surface area contributed by atoms with Gasteiger partial charge in [0.15, 0.2) is 0 Å². The van der Waals surface area contributed by atoms with E-state index in [0.29, 0.717) is 26.4 Å². The molecule has 0 radical (unpaired) electrons. The molecule has 1 saturated heterocycles. The second-order valence-electron chi connectivity index (χ2n) is 5.21. The highest BCUT2D eigenvalue weighted by atomic mass is 16.6. The summed E-state index contributed by atoms with van der Waals surface area (Å²) in [4.78, 5) is 11.9. The van der Waals surface area contributed by atoms with E-state index in [-0.39, 0.29) is 18.2 Å². The lowest BCUT2D eigenvalue weighted by Crippen LogP contribution is -2.44. The number of carbonyl (C=O) groups is 1. The van der Waals surface area contributed by atoms with Crippen molar-refractivity contribution in [3.8, 4) is 0 Å². The van der Waals surface area contributed by atoms with Crippen molar-refractivity contribution in [1.82, 2.24) is 10.6 Å². The second-order valence-corrected chi connectivity index (χ2v) is 5.21. The molecule has 3 rings (SSSR count). The monoisotopic (exact) mass is 276 g/mol. The van der Waals surface area contributed by atoms with E-state index in [1.807, 2.05) is 12.1 Å². The van der Waals surface area contributed by atoms with Gasteiger partial charge in [0.25, 0.3) is 0 Å². The van der Waals surface area contributed by atoms with Crippen molar-refractivity contribution in [1.29, 1.82) is 0 Å². The van der Waals surface area contributed by atoms with E-state index in [0.717, 1.165) is 12.8 Å². The third-order valence-corrected chi connectivity index (χ3v) is 3.81. The molecular weight excluding hydrogens is 256 g/mol. The highest BCUT2D eigenvalue weighted by Crippen LogP contribution is 2.30. The topological polar surface area (TPSA) is 59.6 Å². The molecule has 1 aliphatic heterocycles. The van der Waals surface area contributed by atoms with Gasteiger partial charge in [0.05, 0.1) is 32.0 Å². The minimum Gasteiger partial charge on any atom is -0.376 e. The summed E-state index contributed by atoms with van der Waals surface area (Å²) in [6, 6.07) is 8.26. The molecule has 2 amide bonds. The van der Waals surface area contributed by atoms with E-state index in [1.54, 1.807) is 0 Å². The number of urea groups is 1. The molecule has 1 heterocycles. The lowest BCUT2D eigenvalue weighted by Gasteiger charge is -2.23. The number of benzene rings is 1. The molecule has 1 fully saturated rings. The molecule has 0 aromatic heterocycles. The van der Waals surface area contributed by atoms with E-state index < -0.39 is 0 Å². The summed E-state index contributed by atoms with van der Waals surface area (Å²) < 4.78 is 10.8. The minimum absolute atomic E-state index is 0.0367. The molecule has 1 aromatic carbocycles. The number of hydrogen-bond acceptors (Lipinski definition) is 3. The van der Waals surface area contributed by atoms with Crippen LogP contribution in [0.25, 0.3) is 0 Å². The van der Waals surface area contributed by atoms with Crippen LogP contribution in [0.1, 0.15) is 23.6 Å². The SMILES string of the molecule is O=C(NC[C@@H]1COCCO1)N[C@H]1CCc2ccccc21. The first-order valence-electron chi connectivity index (χ1n) is 7.14. The lowest BCUT2D eigenvalue weighted by atomic mass is 10.1. The van der Waals surface area contributed by atoms with Gasteiger partial charge in [-0.25, -0.2) is 4.79 Å². The predicted octanol–water partition coefficient (Wildman–Crippen LogP) is 1.39. The fraction of sp³-hybridized carbons (Fsp3) is 0.533. The van der Waals surface area contributed by atoms with Crippen molar-refractivity contribution in [3.63, 3.8) is 0 Å². The van der Waals surface area contributed by atoms with Crippen molar-refractivity contribution >= 4 is 6.03 Å². The maximum absolute atomic E-state index is 11.9. The molecule has 0 saturated carbocycles. The molecule has 1 aromatic rings. The Morgan fingerprint density at radius 1 is 1.30 bits per heavy atom. The number of hydrogen-bond donors (Lipinski definition) is 2. The minimum atomic E-state index is -0.138. The zero-order valence-electron chi connectivity index (χ0n) is 11.4. The first-order chi connectivity index (χ1) is 9.83. The Morgan fingerprint density at radius 3 is 3.05 bits per heavy atom. The number of amides is 2. The smallest absolute Gasteiger partial charge is 0.315 e. The van der Waals surface area contributed by atoms with E-state index in [2.05, 4.69) is 22.8 Å². The van der Waals surface area contributed by atoms with E-state index in [9.17, 15) is 4.79 Å². The normalized spacial score (nSPS) is 25.0. The van der Waals surface area contributed by atoms with Crippen LogP contribution in [0.2, 0.25) is 0 Å². The van der Waals surface area contributed by atoms with Crippen LogP contribution in [0.3, 0.4) is 0 Å². The molecule has 2 N–H and O–H groups in total. The van der Waals surface area contributed by atoms with Gasteiger partial charge in [-0.2, -0.15) is 0 Å². The van der Waals surface area contributed by atoms with Crippen molar-refractivity contribution in [3.05, 3.63) is 35.4 Å². The number of carbonyl (C=O) groups excluding carboxylic acids is 1. The van der Waals surface area contributed by atoms with Crippen LogP contribution in [0.5, 0.6) is 0 Å². The van der Waals surface area contributed by atoms with E-state index in [1.165, 1.54) is 11.1 Å². The Kier molecular flexibility index (Phi) is 4.18. The molecule has 108 valence electrons. The molecule has 0 unspecified atom stereocenters. The molecule has 5 heteroatoms. The lowest BCUT2D eigenvalue weighted by molar-refractivity contribution is -0.0853. The van der Waals surface area contributed by atoms with Crippen molar-refractivity contribution in [2.24, 2.45) is 0 Å². The number of fused-ring (bicyclic) bond motifs is 1. The van der Waals surface area contributed by atoms with Gasteiger partial charge in [-0.15, -0.1) is 0 Å². The van der Waals surface area contributed by atoms with Gasteiger partial charge in [-0.1, -0.05) is 24.3 Å². The Bertz CT molecular complexity index is 472. The van der Waals surface area contributed by atoms with E-state index >= 15 is 0 Å². The first-order valence-corrected chi connectivity index (χ1v) is 7.14. The molecule has 20 heavy (non-hydrogen) atoms. The van der Waals surface area contributed by atoms with Gasteiger partial charge in [-0.05, 0) is 24.0 Å². The Morgan fingerprint density at radius 2 is 2.20 bits per heavy atom. The van der Waals surface area contributed by atoms with Crippen molar-refractivity contribution in [2.45, 2.75) is 25.0 Å². The van der Waals surface area contributed by atoms with Gasteiger partial charge in [0.1, 0.15) is 0 Å². The number of nitrogens with one attached hydrogen (secondary N) is 2. The third kappa shape index (κ3) is 3.11. The number of ether oxygens (including phenoxy) is 2. The molecule has 0 bridgehead atoms. The molecule has 5 nitrogen and oxygen atoms in total. The average molecular weight is 276 g/mol. The average Bonchev–Trinajstić information content (AvgIpc) is 2.90. The quantitative estimate of drug-likeness (QED) is 0.877. The van der Waals surface area contributed by atoms with Crippen LogP contribution in [0, 0.1) is 0 Å². The maximum Gasteiger partial charge on any atom is 0.315 e. The summed E-state index contributed by atoms with van der Waals surface area (Å²) in [5.41, 5.74) is 2.57. The predicted molar refractivity (Wildman–Crippen MR) is 74.6 cm³/mol. The Labute approximate surface area is 118 Å². The van der Waals surface area contributed by atoms with Crippen LogP contribution in [-0.4, -0.2) is 38.5 Å². The van der Waals surface area contributed by atoms with Crippen LogP contribution in [-0.2, 0) is 15.9 Å². The Balaban J connectivity index is 1.47. The fourth-order valence-electron chi connectivity index (χ4n) is 2.78.